The van der Waals surface area contributed by atoms with Gasteiger partial charge in [0.15, 0.2) is 0 Å². The molecule has 0 spiro atoms. The molecule has 1 aromatic heterocycles. The van der Waals surface area contributed by atoms with Crippen LogP contribution in [-0.4, -0.2) is 9.81 Å². The molecule has 0 saturated heterocycles. The highest BCUT2D eigenvalue weighted by Gasteiger charge is 2.21. The Balaban J connectivity index is 3.51. The molecule has 0 radical (unpaired) electrons. The van der Waals surface area contributed by atoms with E-state index in [1.165, 1.54) is 6.07 Å². The number of nitrogens with zero attached hydrogens (tertiary/aromatic N) is 1. The summed E-state index contributed by atoms with van der Waals surface area (Å²) in [4.78, 5) is 23.3. The van der Waals surface area contributed by atoms with Crippen LogP contribution in [0.2, 0.25) is 0 Å². The summed E-state index contributed by atoms with van der Waals surface area (Å²) in [6, 6.07) is 3.33. The van der Waals surface area contributed by atoms with Crippen molar-refractivity contribution >= 4 is 16.8 Å². The van der Waals surface area contributed by atoms with Crippen LogP contribution in [-0.2, 0) is 12.0 Å². The van der Waals surface area contributed by atoms with E-state index in [4.69, 9.17) is 11.6 Å². The quantitative estimate of drug-likeness (QED) is 0.779. The molecular weight excluding hydrogens is 238 g/mol. The average Bonchev–Trinajstić information content (AvgIpc) is 2.18. The van der Waals surface area contributed by atoms with Gasteiger partial charge < -0.3 is 4.57 Å². The van der Waals surface area contributed by atoms with Crippen molar-refractivity contribution in [2.75, 3.05) is 0 Å². The molecule has 0 atom stereocenters. The monoisotopic (exact) mass is 255 g/mol. The fraction of sp³-hybridized carbons (Fsp3) is 0.538. The third-order valence-electron chi connectivity index (χ3n) is 2.60. The third kappa shape index (κ3) is 2.97. The number of aromatic nitrogens is 1. The van der Waals surface area contributed by atoms with Gasteiger partial charge in [-0.15, -0.1) is 0 Å². The predicted octanol–water partition coefficient (Wildman–Crippen LogP) is 2.93. The Labute approximate surface area is 106 Å². The van der Waals surface area contributed by atoms with Crippen molar-refractivity contribution < 1.29 is 4.79 Å². The summed E-state index contributed by atoms with van der Waals surface area (Å²) >= 11 is 5.39. The number of halogens is 1. The van der Waals surface area contributed by atoms with E-state index in [1.54, 1.807) is 4.57 Å². The lowest BCUT2D eigenvalue weighted by molar-refractivity contribution is 0.107. The molecule has 17 heavy (non-hydrogen) atoms. The van der Waals surface area contributed by atoms with Crippen LogP contribution in [0.5, 0.6) is 0 Å². The molecule has 1 rings (SSSR count). The Morgan fingerprint density at radius 2 is 1.94 bits per heavy atom. The van der Waals surface area contributed by atoms with Gasteiger partial charge in [-0.3, -0.25) is 9.59 Å². The predicted molar refractivity (Wildman–Crippen MR) is 69.9 cm³/mol. The van der Waals surface area contributed by atoms with E-state index in [0.29, 0.717) is 6.54 Å². The topological polar surface area (TPSA) is 39.1 Å². The SMILES string of the molecule is CCCn1c(C(C)(C)C)ccc(C(=O)Cl)c1=O. The summed E-state index contributed by atoms with van der Waals surface area (Å²) in [7, 11) is 0. The second kappa shape index (κ2) is 5.05. The van der Waals surface area contributed by atoms with Crippen LogP contribution in [0.3, 0.4) is 0 Å². The molecule has 0 fully saturated rings. The standard InChI is InChI=1S/C13H18ClNO2/c1-5-8-15-10(13(2,3)4)7-6-9(11(14)16)12(15)17/h6-7H,5,8H2,1-4H3. The van der Waals surface area contributed by atoms with E-state index in [1.807, 2.05) is 33.8 Å². The molecule has 0 bridgehead atoms. The smallest absolute Gasteiger partial charge is 0.262 e. The van der Waals surface area contributed by atoms with Gasteiger partial charge in [0, 0.05) is 17.7 Å². The maximum Gasteiger partial charge on any atom is 0.262 e. The molecule has 94 valence electrons. The molecule has 0 unspecified atom stereocenters. The van der Waals surface area contributed by atoms with Crippen molar-refractivity contribution in [3.63, 3.8) is 0 Å². The zero-order valence-corrected chi connectivity index (χ0v) is 11.5. The van der Waals surface area contributed by atoms with Crippen LogP contribution < -0.4 is 5.56 Å². The van der Waals surface area contributed by atoms with E-state index in [2.05, 4.69) is 0 Å². The normalized spacial score (nSPS) is 11.6. The lowest BCUT2D eigenvalue weighted by atomic mass is 9.90. The zero-order chi connectivity index (χ0) is 13.2. The fourth-order valence-corrected chi connectivity index (χ4v) is 1.97. The lowest BCUT2D eigenvalue weighted by Crippen LogP contribution is -2.32. The molecule has 0 N–H and O–H groups in total. The molecule has 1 aromatic rings. The maximum absolute atomic E-state index is 12.1. The Morgan fingerprint density at radius 1 is 1.35 bits per heavy atom. The van der Waals surface area contributed by atoms with Gasteiger partial charge in [-0.25, -0.2) is 0 Å². The van der Waals surface area contributed by atoms with Gasteiger partial charge in [-0.05, 0) is 30.2 Å². The maximum atomic E-state index is 12.1. The zero-order valence-electron chi connectivity index (χ0n) is 10.7. The van der Waals surface area contributed by atoms with E-state index in [-0.39, 0.29) is 16.5 Å². The van der Waals surface area contributed by atoms with Crippen LogP contribution in [0, 0.1) is 0 Å². The Kier molecular flexibility index (Phi) is 4.15. The highest BCUT2D eigenvalue weighted by atomic mass is 35.5. The molecule has 3 nitrogen and oxygen atoms in total. The van der Waals surface area contributed by atoms with E-state index in [0.717, 1.165) is 12.1 Å². The summed E-state index contributed by atoms with van der Waals surface area (Å²) in [5.41, 5.74) is 0.542. The van der Waals surface area contributed by atoms with Crippen molar-refractivity contribution in [3.8, 4) is 0 Å². The number of carbonyl (C=O) groups is 1. The van der Waals surface area contributed by atoms with E-state index in [9.17, 15) is 9.59 Å². The number of hydrogen-bond donors (Lipinski definition) is 0. The molecule has 0 amide bonds. The summed E-state index contributed by atoms with van der Waals surface area (Å²) in [6.07, 6.45) is 0.836. The van der Waals surface area contributed by atoms with Crippen LogP contribution in [0.1, 0.15) is 50.2 Å². The molecule has 4 heteroatoms. The summed E-state index contributed by atoms with van der Waals surface area (Å²) < 4.78 is 1.65. The van der Waals surface area contributed by atoms with Gasteiger partial charge >= 0.3 is 0 Å². The number of pyridine rings is 1. The molecule has 0 aromatic carbocycles. The largest absolute Gasteiger partial charge is 0.311 e. The van der Waals surface area contributed by atoms with Crippen LogP contribution >= 0.6 is 11.6 Å². The highest BCUT2D eigenvalue weighted by molar-refractivity contribution is 6.67. The van der Waals surface area contributed by atoms with Crippen LogP contribution in [0.4, 0.5) is 0 Å². The van der Waals surface area contributed by atoms with E-state index >= 15 is 0 Å². The van der Waals surface area contributed by atoms with Gasteiger partial charge in [0.25, 0.3) is 10.8 Å². The fourth-order valence-electron chi connectivity index (χ4n) is 1.83. The number of hydrogen-bond acceptors (Lipinski definition) is 2. The minimum atomic E-state index is -0.694. The molecule has 0 aliphatic carbocycles. The lowest BCUT2D eigenvalue weighted by Gasteiger charge is -2.24. The van der Waals surface area contributed by atoms with Crippen molar-refractivity contribution in [2.24, 2.45) is 0 Å². The second-order valence-electron chi connectivity index (χ2n) is 5.11. The van der Waals surface area contributed by atoms with Crippen molar-refractivity contribution in [1.82, 2.24) is 4.57 Å². The first-order valence-electron chi connectivity index (χ1n) is 5.73. The van der Waals surface area contributed by atoms with Gasteiger partial charge in [-0.1, -0.05) is 27.7 Å². The van der Waals surface area contributed by atoms with Gasteiger partial charge in [-0.2, -0.15) is 0 Å². The Bertz CT molecular complexity index is 483. The van der Waals surface area contributed by atoms with Crippen molar-refractivity contribution in [2.45, 2.75) is 46.1 Å². The minimum absolute atomic E-state index is 0.0492. The number of rotatable bonds is 3. The molecule has 0 aliphatic heterocycles. The van der Waals surface area contributed by atoms with Gasteiger partial charge in [0.05, 0.1) is 5.56 Å². The first kappa shape index (κ1) is 14.0. The first-order chi connectivity index (χ1) is 7.79. The Hall–Kier alpha value is -1.09. The summed E-state index contributed by atoms with van der Waals surface area (Å²) in [6.45, 7) is 8.71. The van der Waals surface area contributed by atoms with Gasteiger partial charge in [0.1, 0.15) is 0 Å². The second-order valence-corrected chi connectivity index (χ2v) is 5.46. The number of carbonyl (C=O) groups excluding carboxylic acids is 1. The molecule has 0 saturated carbocycles. The molecule has 0 aliphatic rings. The average molecular weight is 256 g/mol. The highest BCUT2D eigenvalue weighted by Crippen LogP contribution is 2.21. The molecule has 1 heterocycles. The van der Waals surface area contributed by atoms with Gasteiger partial charge in [0.2, 0.25) is 0 Å². The Morgan fingerprint density at radius 3 is 2.35 bits per heavy atom. The van der Waals surface area contributed by atoms with Crippen LogP contribution in [0.15, 0.2) is 16.9 Å². The van der Waals surface area contributed by atoms with Crippen molar-refractivity contribution in [3.05, 3.63) is 33.7 Å². The van der Waals surface area contributed by atoms with Crippen molar-refractivity contribution in [1.29, 1.82) is 0 Å². The summed E-state index contributed by atoms with van der Waals surface area (Å²) in [5.74, 6) is 0. The first-order valence-corrected chi connectivity index (χ1v) is 6.11. The molecular formula is C13H18ClNO2. The third-order valence-corrected chi connectivity index (χ3v) is 2.81. The summed E-state index contributed by atoms with van der Waals surface area (Å²) in [5, 5.41) is -0.694. The minimum Gasteiger partial charge on any atom is -0.311 e. The van der Waals surface area contributed by atoms with Crippen LogP contribution in [0.25, 0.3) is 0 Å². The van der Waals surface area contributed by atoms with E-state index < -0.39 is 5.24 Å².